The molecule has 6 nitrogen and oxygen atoms in total. The van der Waals surface area contributed by atoms with E-state index in [0.29, 0.717) is 38.6 Å². The van der Waals surface area contributed by atoms with Crippen molar-refractivity contribution in [3.8, 4) is 0 Å². The van der Waals surface area contributed by atoms with Gasteiger partial charge in [-0.25, -0.2) is 8.78 Å². The molecule has 0 atom stereocenters. The van der Waals surface area contributed by atoms with Gasteiger partial charge in [0.2, 0.25) is 0 Å². The predicted molar refractivity (Wildman–Crippen MR) is 114 cm³/mol. The Morgan fingerprint density at radius 1 is 1.10 bits per heavy atom. The molecule has 3 rings (SSSR count). The first-order valence-corrected chi connectivity index (χ1v) is 12.3. The molecule has 0 bridgehead atoms. The van der Waals surface area contributed by atoms with Gasteiger partial charge in [-0.15, -0.1) is 0 Å². The number of unbranched alkanes of at least 4 members (excludes halogenated alkanes) is 3. The molecule has 1 saturated heterocycles. The number of hydrogen-bond acceptors (Lipinski definition) is 4. The third kappa shape index (κ3) is 7.14. The number of piperidine rings is 1. The van der Waals surface area contributed by atoms with E-state index in [1.165, 1.54) is 36.5 Å². The van der Waals surface area contributed by atoms with Crippen molar-refractivity contribution in [1.29, 1.82) is 0 Å². The Bertz CT molecular complexity index is 782. The van der Waals surface area contributed by atoms with Gasteiger partial charge in [-0.1, -0.05) is 12.8 Å². The van der Waals surface area contributed by atoms with Gasteiger partial charge in [0.25, 0.3) is 0 Å². The Hall–Kier alpha value is -1.29. The summed E-state index contributed by atoms with van der Waals surface area (Å²) in [5.74, 6) is -1.69. The molecule has 0 unspecified atom stereocenters. The van der Waals surface area contributed by atoms with Gasteiger partial charge in [0.15, 0.2) is 0 Å². The van der Waals surface area contributed by atoms with Gasteiger partial charge in [0.05, 0.1) is 11.8 Å². The molecule has 30 heavy (non-hydrogen) atoms. The summed E-state index contributed by atoms with van der Waals surface area (Å²) in [5.41, 5.74) is -0.252. The number of nitrogens with one attached hydrogen (secondary N) is 1. The summed E-state index contributed by atoms with van der Waals surface area (Å²) < 4.78 is 61.0. The van der Waals surface area contributed by atoms with Gasteiger partial charge in [-0.3, -0.25) is 4.72 Å². The minimum absolute atomic E-state index is 0.0556. The molecular weight excluding hydrogens is 412 g/mol. The van der Waals surface area contributed by atoms with Gasteiger partial charge in [0, 0.05) is 31.8 Å². The highest BCUT2D eigenvalue weighted by atomic mass is 32.2. The maximum atomic E-state index is 13.7. The van der Waals surface area contributed by atoms with Gasteiger partial charge in [0.1, 0.15) is 11.6 Å². The van der Waals surface area contributed by atoms with Crippen molar-refractivity contribution in [3.63, 3.8) is 0 Å². The summed E-state index contributed by atoms with van der Waals surface area (Å²) >= 11 is 0. The van der Waals surface area contributed by atoms with Gasteiger partial charge in [-0.2, -0.15) is 12.7 Å². The number of hydrogen-bond donors (Lipinski definition) is 1. The van der Waals surface area contributed by atoms with Crippen molar-refractivity contribution < 1.29 is 21.9 Å². The largest absolute Gasteiger partial charge is 0.378 e. The normalized spacial score (nSPS) is 18.8. The highest BCUT2D eigenvalue weighted by molar-refractivity contribution is 7.90. The highest BCUT2D eigenvalue weighted by Crippen LogP contribution is 2.25. The SMILES string of the molecule is CN(CCCCCCOC1CCN(S(=O)(=O)Nc2ccc(F)cc2F)CC1)C1CC1. The molecule has 1 saturated carbocycles. The molecule has 0 spiro atoms. The van der Waals surface area contributed by atoms with Crippen LogP contribution in [0.25, 0.3) is 0 Å². The molecule has 2 aliphatic rings. The molecule has 1 N–H and O–H groups in total. The quantitative estimate of drug-likeness (QED) is 0.498. The van der Waals surface area contributed by atoms with Crippen LogP contribution in [-0.4, -0.2) is 63.1 Å². The minimum atomic E-state index is -3.88. The van der Waals surface area contributed by atoms with Crippen LogP contribution in [0.2, 0.25) is 0 Å². The Labute approximate surface area is 178 Å². The van der Waals surface area contributed by atoms with Crippen LogP contribution in [-0.2, 0) is 14.9 Å². The molecular formula is C21H33F2N3O3S. The topological polar surface area (TPSA) is 61.9 Å². The number of nitrogens with zero attached hydrogens (tertiary/aromatic N) is 2. The van der Waals surface area contributed by atoms with Crippen LogP contribution < -0.4 is 4.72 Å². The first-order valence-electron chi connectivity index (χ1n) is 10.9. The third-order valence-corrected chi connectivity index (χ3v) is 7.36. The Morgan fingerprint density at radius 3 is 2.47 bits per heavy atom. The standard InChI is InChI=1S/C21H33F2N3O3S/c1-25(18-7-8-18)12-4-2-3-5-15-29-19-10-13-26(14-11-19)30(27,28)24-21-9-6-17(22)16-20(21)23/h6,9,16,18-19,24H,2-5,7-8,10-15H2,1H3. The van der Waals surface area contributed by atoms with Crippen molar-refractivity contribution in [3.05, 3.63) is 29.8 Å². The van der Waals surface area contributed by atoms with E-state index in [4.69, 9.17) is 4.74 Å². The molecule has 9 heteroatoms. The lowest BCUT2D eigenvalue weighted by Gasteiger charge is -2.31. The van der Waals surface area contributed by atoms with E-state index in [0.717, 1.165) is 31.0 Å². The van der Waals surface area contributed by atoms with Crippen molar-refractivity contribution in [1.82, 2.24) is 9.21 Å². The Kier molecular flexibility index (Phi) is 8.44. The molecule has 1 aromatic rings. The Balaban J connectivity index is 1.29. The molecule has 2 fully saturated rings. The average molecular weight is 446 g/mol. The molecule has 0 amide bonds. The monoisotopic (exact) mass is 445 g/mol. The number of ether oxygens (including phenoxy) is 1. The lowest BCUT2D eigenvalue weighted by molar-refractivity contribution is 0.0193. The second-order valence-corrected chi connectivity index (χ2v) is 10.00. The second kappa shape index (κ2) is 10.8. The number of benzene rings is 1. The molecule has 170 valence electrons. The lowest BCUT2D eigenvalue weighted by atomic mass is 10.1. The summed E-state index contributed by atoms with van der Waals surface area (Å²) in [5, 5.41) is 0. The van der Waals surface area contributed by atoms with Crippen LogP contribution in [0.1, 0.15) is 51.4 Å². The molecule has 1 aliphatic carbocycles. The zero-order valence-electron chi connectivity index (χ0n) is 17.7. The van der Waals surface area contributed by atoms with Crippen molar-refractivity contribution in [2.45, 2.75) is 63.5 Å². The minimum Gasteiger partial charge on any atom is -0.378 e. The number of rotatable bonds is 12. The fourth-order valence-electron chi connectivity index (χ4n) is 3.78. The lowest BCUT2D eigenvalue weighted by Crippen LogP contribution is -2.43. The van der Waals surface area contributed by atoms with Crippen LogP contribution in [0.4, 0.5) is 14.5 Å². The molecule has 1 aliphatic heterocycles. The Morgan fingerprint density at radius 2 is 1.80 bits per heavy atom. The number of halogens is 2. The predicted octanol–water partition coefficient (Wildman–Crippen LogP) is 3.76. The summed E-state index contributed by atoms with van der Waals surface area (Å²) in [7, 11) is -1.67. The average Bonchev–Trinajstić information content (AvgIpc) is 3.55. The second-order valence-electron chi connectivity index (χ2n) is 8.33. The van der Waals surface area contributed by atoms with Crippen LogP contribution in [0, 0.1) is 11.6 Å². The van der Waals surface area contributed by atoms with E-state index in [9.17, 15) is 17.2 Å². The van der Waals surface area contributed by atoms with Crippen molar-refractivity contribution in [2.75, 3.05) is 38.0 Å². The molecule has 0 radical (unpaired) electrons. The maximum absolute atomic E-state index is 13.7. The van der Waals surface area contributed by atoms with Crippen molar-refractivity contribution in [2.24, 2.45) is 0 Å². The fourth-order valence-corrected chi connectivity index (χ4v) is 5.04. The molecule has 1 heterocycles. The first kappa shape index (κ1) is 23.4. The number of anilines is 1. The highest BCUT2D eigenvalue weighted by Gasteiger charge is 2.29. The van der Waals surface area contributed by atoms with Gasteiger partial charge in [-0.05, 0) is 64.3 Å². The molecule has 0 aromatic heterocycles. The smallest absolute Gasteiger partial charge is 0.301 e. The van der Waals surface area contributed by atoms with Crippen LogP contribution in [0.5, 0.6) is 0 Å². The van der Waals surface area contributed by atoms with E-state index in [-0.39, 0.29) is 11.8 Å². The summed E-state index contributed by atoms with van der Waals surface area (Å²) in [6.07, 6.45) is 8.59. The van der Waals surface area contributed by atoms with Gasteiger partial charge >= 0.3 is 10.2 Å². The molecule has 1 aromatic carbocycles. The first-order chi connectivity index (χ1) is 14.3. The summed E-state index contributed by atoms with van der Waals surface area (Å²) in [6, 6.07) is 3.59. The fraction of sp³-hybridized carbons (Fsp3) is 0.714. The van der Waals surface area contributed by atoms with Crippen LogP contribution in [0.3, 0.4) is 0 Å². The van der Waals surface area contributed by atoms with E-state index in [2.05, 4.69) is 16.7 Å². The summed E-state index contributed by atoms with van der Waals surface area (Å²) in [6.45, 7) is 2.51. The van der Waals surface area contributed by atoms with Crippen LogP contribution >= 0.6 is 0 Å². The van der Waals surface area contributed by atoms with Crippen molar-refractivity contribution >= 4 is 15.9 Å². The maximum Gasteiger partial charge on any atom is 0.301 e. The third-order valence-electron chi connectivity index (χ3n) is 5.84. The zero-order chi connectivity index (χ0) is 21.6. The van der Waals surface area contributed by atoms with E-state index in [1.54, 1.807) is 0 Å². The summed E-state index contributed by atoms with van der Waals surface area (Å²) in [4.78, 5) is 2.46. The zero-order valence-corrected chi connectivity index (χ0v) is 18.5. The van der Waals surface area contributed by atoms with Crippen LogP contribution in [0.15, 0.2) is 18.2 Å². The van der Waals surface area contributed by atoms with E-state index >= 15 is 0 Å². The van der Waals surface area contributed by atoms with E-state index in [1.807, 2.05) is 0 Å². The van der Waals surface area contributed by atoms with Gasteiger partial charge < -0.3 is 9.64 Å². The van der Waals surface area contributed by atoms with E-state index < -0.39 is 21.8 Å².